The summed E-state index contributed by atoms with van der Waals surface area (Å²) in [7, 11) is 0. The van der Waals surface area contributed by atoms with E-state index in [1.165, 1.54) is 12.8 Å². The Hall–Kier alpha value is -3.47. The molecule has 1 fully saturated rings. The summed E-state index contributed by atoms with van der Waals surface area (Å²) in [6, 6.07) is 12.1. The summed E-state index contributed by atoms with van der Waals surface area (Å²) in [6.45, 7) is 2.91. The van der Waals surface area contributed by atoms with Gasteiger partial charge in [0.1, 0.15) is 11.9 Å². The van der Waals surface area contributed by atoms with Crippen molar-refractivity contribution in [1.82, 2.24) is 28.7 Å². The highest BCUT2D eigenvalue weighted by Gasteiger charge is 2.28. The zero-order chi connectivity index (χ0) is 20.0. The van der Waals surface area contributed by atoms with Gasteiger partial charge in [-0.2, -0.15) is 14.8 Å². The second-order valence-electron chi connectivity index (χ2n) is 7.50. The van der Waals surface area contributed by atoms with E-state index < -0.39 is 0 Å². The molecule has 146 valence electrons. The van der Waals surface area contributed by atoms with E-state index in [9.17, 15) is 10.1 Å². The third kappa shape index (κ3) is 2.73. The van der Waals surface area contributed by atoms with Gasteiger partial charge in [0, 0.05) is 19.0 Å². The van der Waals surface area contributed by atoms with Crippen LogP contribution in [0.4, 0.5) is 0 Å². The Labute approximate surface area is 167 Å². The molecule has 1 saturated carbocycles. The number of aromatic nitrogens is 6. The molecule has 8 nitrogen and oxygen atoms in total. The van der Waals surface area contributed by atoms with Crippen LogP contribution >= 0.6 is 0 Å². The highest BCUT2D eigenvalue weighted by molar-refractivity contribution is 5.74. The van der Waals surface area contributed by atoms with Crippen molar-refractivity contribution >= 4 is 16.9 Å². The van der Waals surface area contributed by atoms with Crippen LogP contribution in [-0.2, 0) is 13.1 Å². The minimum absolute atomic E-state index is 0.0409. The number of aryl methyl sites for hydroxylation is 1. The maximum Gasteiger partial charge on any atom is 0.281 e. The van der Waals surface area contributed by atoms with Crippen molar-refractivity contribution in [2.75, 3.05) is 0 Å². The molecule has 0 unspecified atom stereocenters. The second kappa shape index (κ2) is 6.85. The first-order chi connectivity index (χ1) is 14.2. The summed E-state index contributed by atoms with van der Waals surface area (Å²) >= 11 is 0. The van der Waals surface area contributed by atoms with Crippen LogP contribution < -0.4 is 5.56 Å². The molecule has 0 aliphatic heterocycles. The van der Waals surface area contributed by atoms with E-state index >= 15 is 0 Å². The van der Waals surface area contributed by atoms with Crippen molar-refractivity contribution in [2.45, 2.75) is 51.6 Å². The molecule has 0 saturated heterocycles. The number of hydrogen-bond donors (Lipinski definition) is 0. The average molecular weight is 387 g/mol. The van der Waals surface area contributed by atoms with Gasteiger partial charge in [-0.3, -0.25) is 9.36 Å². The largest absolute Gasteiger partial charge is 0.317 e. The Kier molecular flexibility index (Phi) is 4.16. The molecule has 3 aromatic heterocycles. The van der Waals surface area contributed by atoms with Gasteiger partial charge in [-0.15, -0.1) is 5.10 Å². The van der Waals surface area contributed by atoms with Gasteiger partial charge in [0.05, 0.1) is 0 Å². The lowest BCUT2D eigenvalue weighted by Crippen LogP contribution is -2.25. The highest BCUT2D eigenvalue weighted by atomic mass is 16.1. The lowest BCUT2D eigenvalue weighted by molar-refractivity contribution is 0.616. The summed E-state index contributed by atoms with van der Waals surface area (Å²) in [5.41, 5.74) is 1.99. The van der Waals surface area contributed by atoms with E-state index in [4.69, 9.17) is 4.98 Å². The fourth-order valence-corrected chi connectivity index (χ4v) is 4.41. The van der Waals surface area contributed by atoms with Gasteiger partial charge in [-0.05, 0) is 25.3 Å². The summed E-state index contributed by atoms with van der Waals surface area (Å²) in [6.07, 6.45) is 4.50. The summed E-state index contributed by atoms with van der Waals surface area (Å²) in [5, 5.41) is 13.6. The van der Waals surface area contributed by atoms with Crippen LogP contribution in [0.5, 0.6) is 0 Å². The minimum atomic E-state index is -0.139. The SMILES string of the molecule is CCn1c(=O)c2c(nc(C3CCCC3)n2Cc2ccccc2)n2nc(C#N)nc12. The van der Waals surface area contributed by atoms with E-state index in [2.05, 4.69) is 26.8 Å². The maximum atomic E-state index is 13.4. The van der Waals surface area contributed by atoms with Gasteiger partial charge in [0.15, 0.2) is 11.2 Å². The van der Waals surface area contributed by atoms with E-state index in [1.54, 1.807) is 9.08 Å². The molecule has 3 heterocycles. The zero-order valence-corrected chi connectivity index (χ0v) is 16.2. The van der Waals surface area contributed by atoms with Crippen molar-refractivity contribution in [3.63, 3.8) is 0 Å². The number of benzene rings is 1. The molecule has 0 N–H and O–H groups in total. The molecule has 0 bridgehead atoms. The number of rotatable bonds is 4. The molecule has 0 radical (unpaired) electrons. The molecule has 29 heavy (non-hydrogen) atoms. The molecule has 0 spiro atoms. The van der Waals surface area contributed by atoms with Crippen molar-refractivity contribution < 1.29 is 0 Å². The van der Waals surface area contributed by atoms with E-state index in [0.717, 1.165) is 24.2 Å². The van der Waals surface area contributed by atoms with Gasteiger partial charge in [0.2, 0.25) is 5.78 Å². The summed E-state index contributed by atoms with van der Waals surface area (Å²) in [4.78, 5) is 22.6. The highest BCUT2D eigenvalue weighted by Crippen LogP contribution is 2.35. The predicted molar refractivity (Wildman–Crippen MR) is 108 cm³/mol. The number of fused-ring (bicyclic) bond motifs is 3. The summed E-state index contributed by atoms with van der Waals surface area (Å²) < 4.78 is 5.18. The first-order valence-electron chi connectivity index (χ1n) is 10.0. The van der Waals surface area contributed by atoms with E-state index in [0.29, 0.717) is 35.9 Å². The van der Waals surface area contributed by atoms with E-state index in [-0.39, 0.29) is 11.4 Å². The normalized spacial score (nSPS) is 14.8. The summed E-state index contributed by atoms with van der Waals surface area (Å²) in [5.74, 6) is 1.67. The second-order valence-corrected chi connectivity index (χ2v) is 7.50. The predicted octanol–water partition coefficient (Wildman–Crippen LogP) is 2.84. The van der Waals surface area contributed by atoms with Gasteiger partial charge >= 0.3 is 0 Å². The number of nitrogens with zero attached hydrogens (tertiary/aromatic N) is 7. The first-order valence-corrected chi connectivity index (χ1v) is 10.0. The molecular formula is C21H21N7O. The maximum absolute atomic E-state index is 13.4. The quantitative estimate of drug-likeness (QED) is 0.537. The fraction of sp³-hybridized carbons (Fsp3) is 0.381. The third-order valence-corrected chi connectivity index (χ3v) is 5.78. The van der Waals surface area contributed by atoms with Crippen molar-refractivity contribution in [1.29, 1.82) is 5.26 Å². The molecule has 8 heteroatoms. The standard InChI is InChI=1S/C21H21N7O/c1-2-26-20(29)17-19(28-21(26)23-16(12-22)25-28)24-18(15-10-6-7-11-15)27(17)13-14-8-4-3-5-9-14/h3-5,8-9,15H,2,6-7,10-11,13H2,1H3. The monoisotopic (exact) mass is 387 g/mol. The molecule has 0 atom stereocenters. The van der Waals surface area contributed by atoms with Crippen molar-refractivity contribution in [3.05, 3.63) is 57.9 Å². The van der Waals surface area contributed by atoms with Crippen LogP contribution in [0.15, 0.2) is 35.1 Å². The fourth-order valence-electron chi connectivity index (χ4n) is 4.41. The van der Waals surface area contributed by atoms with Crippen LogP contribution in [-0.4, -0.2) is 28.7 Å². The van der Waals surface area contributed by atoms with Gasteiger partial charge < -0.3 is 4.57 Å². The minimum Gasteiger partial charge on any atom is -0.317 e. The molecule has 1 aliphatic carbocycles. The Morgan fingerprint density at radius 2 is 1.90 bits per heavy atom. The number of hydrogen-bond acceptors (Lipinski definition) is 5. The van der Waals surface area contributed by atoms with Crippen LogP contribution in [0, 0.1) is 11.3 Å². The van der Waals surface area contributed by atoms with Gasteiger partial charge in [0.25, 0.3) is 11.4 Å². The molecule has 4 aromatic rings. The molecule has 5 rings (SSSR count). The number of nitriles is 1. The van der Waals surface area contributed by atoms with Crippen molar-refractivity contribution in [3.8, 4) is 6.07 Å². The lowest BCUT2D eigenvalue weighted by Gasteiger charge is -2.13. The third-order valence-electron chi connectivity index (χ3n) is 5.78. The molecule has 1 aliphatic rings. The topological polar surface area (TPSA) is 93.8 Å². The van der Waals surface area contributed by atoms with E-state index in [1.807, 2.05) is 31.2 Å². The molecule has 1 aromatic carbocycles. The van der Waals surface area contributed by atoms with Gasteiger partial charge in [-0.25, -0.2) is 4.98 Å². The molecule has 0 amide bonds. The zero-order valence-electron chi connectivity index (χ0n) is 16.2. The van der Waals surface area contributed by atoms with Crippen LogP contribution in [0.1, 0.15) is 55.7 Å². The smallest absolute Gasteiger partial charge is 0.281 e. The van der Waals surface area contributed by atoms with Gasteiger partial charge in [-0.1, -0.05) is 43.2 Å². The average Bonchev–Trinajstić information content (AvgIpc) is 3.47. The Morgan fingerprint density at radius 3 is 2.59 bits per heavy atom. The molecular weight excluding hydrogens is 366 g/mol. The van der Waals surface area contributed by atoms with Crippen LogP contribution in [0.25, 0.3) is 16.9 Å². The Morgan fingerprint density at radius 1 is 1.14 bits per heavy atom. The Balaban J connectivity index is 1.85. The first kappa shape index (κ1) is 17.6. The lowest BCUT2D eigenvalue weighted by atomic mass is 10.1. The number of imidazole rings is 1. The van der Waals surface area contributed by atoms with Crippen molar-refractivity contribution in [2.24, 2.45) is 0 Å². The Bertz CT molecular complexity index is 1300. The van der Waals surface area contributed by atoms with Crippen LogP contribution in [0.2, 0.25) is 0 Å². The van der Waals surface area contributed by atoms with Crippen LogP contribution in [0.3, 0.4) is 0 Å².